The van der Waals surface area contributed by atoms with Crippen molar-refractivity contribution in [3.8, 4) is 5.69 Å². The van der Waals surface area contributed by atoms with Gasteiger partial charge in [-0.1, -0.05) is 6.07 Å². The fourth-order valence-corrected chi connectivity index (χ4v) is 5.06. The average molecular weight is 457 g/mol. The number of hydrogen-bond acceptors (Lipinski definition) is 5. The first-order valence-electron chi connectivity index (χ1n) is 10.9. The minimum atomic E-state index is -2.79. The van der Waals surface area contributed by atoms with Crippen molar-refractivity contribution in [2.24, 2.45) is 0 Å². The van der Waals surface area contributed by atoms with E-state index in [2.05, 4.69) is 37.6 Å². The van der Waals surface area contributed by atoms with Gasteiger partial charge in [-0.05, 0) is 41.6 Å². The minimum Gasteiger partial charge on any atom is -0.361 e. The van der Waals surface area contributed by atoms with Crippen LogP contribution in [0.25, 0.3) is 16.6 Å². The molecule has 9 heteroatoms. The minimum absolute atomic E-state index is 0.205. The summed E-state index contributed by atoms with van der Waals surface area (Å²) in [5.74, 6) is -2.79. The van der Waals surface area contributed by atoms with Crippen LogP contribution in [-0.2, 0) is 12.8 Å². The number of rotatable bonds is 8. The molecule has 6 nitrogen and oxygen atoms in total. The molecule has 0 radical (unpaired) electrons. The van der Waals surface area contributed by atoms with Crippen LogP contribution in [0.4, 0.5) is 8.78 Å². The van der Waals surface area contributed by atoms with Gasteiger partial charge in [-0.3, -0.25) is 9.47 Å². The quantitative estimate of drug-likeness (QED) is 0.438. The monoisotopic (exact) mass is 456 g/mol. The Hall–Kier alpha value is -2.62. The Bertz CT molecular complexity index is 1130. The molecule has 1 aliphatic heterocycles. The van der Waals surface area contributed by atoms with Gasteiger partial charge in [-0.15, -0.1) is 21.5 Å². The van der Waals surface area contributed by atoms with Gasteiger partial charge < -0.3 is 9.88 Å². The van der Waals surface area contributed by atoms with E-state index in [4.69, 9.17) is 0 Å². The number of fused-ring (bicyclic) bond motifs is 1. The Morgan fingerprint density at radius 2 is 1.81 bits per heavy atom. The smallest absolute Gasteiger partial charge is 0.264 e. The molecular weight excluding hydrogens is 430 g/mol. The highest BCUT2D eigenvalue weighted by Gasteiger charge is 2.34. The van der Waals surface area contributed by atoms with E-state index >= 15 is 8.78 Å². The van der Waals surface area contributed by atoms with Gasteiger partial charge >= 0.3 is 0 Å². The van der Waals surface area contributed by atoms with E-state index in [9.17, 15) is 0 Å². The van der Waals surface area contributed by atoms with Gasteiger partial charge in [0.05, 0.1) is 6.54 Å². The number of alkyl halides is 2. The number of hydrogen-bond donors (Lipinski definition) is 1. The second kappa shape index (κ2) is 9.09. The van der Waals surface area contributed by atoms with Gasteiger partial charge in [0.1, 0.15) is 12.7 Å². The summed E-state index contributed by atoms with van der Waals surface area (Å²) in [4.78, 5) is 8.78. The lowest BCUT2D eigenvalue weighted by molar-refractivity contribution is -0.0408. The van der Waals surface area contributed by atoms with Gasteiger partial charge in [0.25, 0.3) is 5.92 Å². The first-order valence-corrected chi connectivity index (χ1v) is 11.7. The number of aromatic nitrogens is 4. The summed E-state index contributed by atoms with van der Waals surface area (Å²) < 4.78 is 31.8. The van der Waals surface area contributed by atoms with Crippen molar-refractivity contribution in [2.45, 2.75) is 18.8 Å². The van der Waals surface area contributed by atoms with Crippen LogP contribution in [0.15, 0.2) is 54.6 Å². The number of aromatic amines is 1. The molecule has 4 heterocycles. The Labute approximate surface area is 189 Å². The molecule has 168 valence electrons. The molecule has 0 aliphatic carbocycles. The first kappa shape index (κ1) is 21.2. The summed E-state index contributed by atoms with van der Waals surface area (Å²) in [6.07, 6.45) is 5.66. The number of halogens is 2. The lowest BCUT2D eigenvalue weighted by Crippen LogP contribution is -2.50. The van der Waals surface area contributed by atoms with Gasteiger partial charge in [-0.2, -0.15) is 0 Å². The molecule has 1 aromatic carbocycles. The van der Waals surface area contributed by atoms with E-state index in [1.165, 1.54) is 4.88 Å². The molecule has 0 amide bonds. The van der Waals surface area contributed by atoms with Gasteiger partial charge in [0.15, 0.2) is 0 Å². The normalized spacial score (nSPS) is 16.2. The lowest BCUT2D eigenvalue weighted by Gasteiger charge is -2.36. The largest absolute Gasteiger partial charge is 0.361 e. The Morgan fingerprint density at radius 1 is 1.03 bits per heavy atom. The van der Waals surface area contributed by atoms with Crippen molar-refractivity contribution in [1.29, 1.82) is 0 Å². The summed E-state index contributed by atoms with van der Waals surface area (Å²) in [6, 6.07) is 9.96. The number of H-pyrrole nitrogens is 1. The molecule has 3 aromatic heterocycles. The third kappa shape index (κ3) is 4.90. The van der Waals surface area contributed by atoms with Crippen LogP contribution in [0.3, 0.4) is 0 Å². The molecule has 0 atom stereocenters. The van der Waals surface area contributed by atoms with Crippen molar-refractivity contribution >= 4 is 22.2 Å². The Balaban J connectivity index is 1.18. The van der Waals surface area contributed by atoms with Crippen LogP contribution in [-0.4, -0.2) is 74.7 Å². The van der Waals surface area contributed by atoms with Crippen molar-refractivity contribution in [3.05, 3.63) is 65.0 Å². The molecule has 1 fully saturated rings. The van der Waals surface area contributed by atoms with Gasteiger partial charge in [-0.25, -0.2) is 8.78 Å². The molecule has 1 aliphatic rings. The summed E-state index contributed by atoms with van der Waals surface area (Å²) in [5.41, 5.74) is 2.34. The number of nitrogens with zero attached hydrogens (tertiary/aromatic N) is 5. The highest BCUT2D eigenvalue weighted by atomic mass is 32.1. The Morgan fingerprint density at radius 3 is 2.56 bits per heavy atom. The van der Waals surface area contributed by atoms with E-state index in [0.29, 0.717) is 18.7 Å². The van der Waals surface area contributed by atoms with Crippen molar-refractivity contribution in [3.63, 3.8) is 0 Å². The maximum absolute atomic E-state index is 15.0. The van der Waals surface area contributed by atoms with E-state index in [1.807, 2.05) is 23.1 Å². The SMILES string of the molecule is FC(F)(Cc1c[nH]c2ccc(-n3cnnc3)cc12)CN1CCN(CCc2cccs2)CC1. The number of piperazine rings is 1. The fourth-order valence-electron chi connectivity index (χ4n) is 4.36. The number of benzene rings is 1. The summed E-state index contributed by atoms with van der Waals surface area (Å²) in [7, 11) is 0. The molecule has 0 bridgehead atoms. The number of nitrogens with one attached hydrogen (secondary N) is 1. The predicted octanol–water partition coefficient (Wildman–Crippen LogP) is 3.85. The van der Waals surface area contributed by atoms with Crippen LogP contribution in [0.2, 0.25) is 0 Å². The average Bonchev–Trinajstić information content (AvgIpc) is 3.55. The zero-order chi connectivity index (χ0) is 22.0. The Kier molecular flexibility index (Phi) is 6.03. The van der Waals surface area contributed by atoms with E-state index in [1.54, 1.807) is 34.8 Å². The molecule has 32 heavy (non-hydrogen) atoms. The fraction of sp³-hybridized carbons (Fsp3) is 0.391. The third-order valence-corrected chi connectivity index (χ3v) is 7.03. The van der Waals surface area contributed by atoms with Crippen LogP contribution >= 0.6 is 11.3 Å². The van der Waals surface area contributed by atoms with E-state index in [-0.39, 0.29) is 13.0 Å². The molecular formula is C23H26F2N6S. The molecule has 0 unspecified atom stereocenters. The highest BCUT2D eigenvalue weighted by Crippen LogP contribution is 2.28. The summed E-state index contributed by atoms with van der Waals surface area (Å²) in [6.45, 7) is 3.85. The topological polar surface area (TPSA) is 53.0 Å². The van der Waals surface area contributed by atoms with Crippen LogP contribution < -0.4 is 0 Å². The van der Waals surface area contributed by atoms with Crippen LogP contribution in [0.1, 0.15) is 10.4 Å². The first-order chi connectivity index (χ1) is 15.6. The standard InChI is InChI=1S/C23H26F2N6S/c24-23(25,15-30-9-7-29(8-10-30)6-5-20-2-1-11-32-20)13-18-14-26-22-4-3-19(12-21(18)22)31-16-27-28-17-31/h1-4,11-12,14,16-17,26H,5-10,13,15H2. The summed E-state index contributed by atoms with van der Waals surface area (Å²) >= 11 is 1.78. The van der Waals surface area contributed by atoms with E-state index in [0.717, 1.165) is 42.6 Å². The molecule has 4 aromatic rings. The van der Waals surface area contributed by atoms with Crippen LogP contribution in [0, 0.1) is 0 Å². The van der Waals surface area contributed by atoms with Crippen molar-refractivity contribution < 1.29 is 8.78 Å². The molecule has 0 saturated carbocycles. The van der Waals surface area contributed by atoms with Crippen molar-refractivity contribution in [2.75, 3.05) is 39.3 Å². The summed E-state index contributed by atoms with van der Waals surface area (Å²) in [5, 5.41) is 10.5. The van der Waals surface area contributed by atoms with Crippen molar-refractivity contribution in [1.82, 2.24) is 29.5 Å². The molecule has 1 N–H and O–H groups in total. The van der Waals surface area contributed by atoms with Crippen LogP contribution in [0.5, 0.6) is 0 Å². The second-order valence-electron chi connectivity index (χ2n) is 8.39. The predicted molar refractivity (Wildman–Crippen MR) is 123 cm³/mol. The second-order valence-corrected chi connectivity index (χ2v) is 9.43. The lowest BCUT2D eigenvalue weighted by atomic mass is 10.0. The molecule has 5 rings (SSSR count). The number of thiophene rings is 1. The maximum atomic E-state index is 15.0. The third-order valence-electron chi connectivity index (χ3n) is 6.09. The van der Waals surface area contributed by atoms with Gasteiger partial charge in [0, 0.05) is 66.8 Å². The highest BCUT2D eigenvalue weighted by molar-refractivity contribution is 7.09. The van der Waals surface area contributed by atoms with E-state index < -0.39 is 5.92 Å². The molecule has 0 spiro atoms. The molecule has 1 saturated heterocycles. The zero-order valence-corrected chi connectivity index (χ0v) is 18.6. The van der Waals surface area contributed by atoms with Gasteiger partial charge in [0.2, 0.25) is 0 Å². The zero-order valence-electron chi connectivity index (χ0n) is 17.8. The maximum Gasteiger partial charge on any atom is 0.264 e.